The van der Waals surface area contributed by atoms with Crippen molar-refractivity contribution in [2.45, 2.75) is 61.3 Å². The number of aliphatic imine (C=N–C) groups is 1. The van der Waals surface area contributed by atoms with Crippen LogP contribution in [0.2, 0.25) is 0 Å². The molecular formula is C24H37N3O2. The molecule has 0 heterocycles. The summed E-state index contributed by atoms with van der Waals surface area (Å²) in [4.78, 5) is 31.2. The molecule has 0 spiro atoms. The fourth-order valence-corrected chi connectivity index (χ4v) is 2.84. The Balaban J connectivity index is 2.93. The van der Waals surface area contributed by atoms with Gasteiger partial charge >= 0.3 is 0 Å². The van der Waals surface area contributed by atoms with Crippen LogP contribution in [0.4, 0.5) is 0 Å². The van der Waals surface area contributed by atoms with Gasteiger partial charge in [-0.05, 0) is 63.3 Å². The molecule has 0 fully saturated rings. The first kappa shape index (κ1) is 24.6. The van der Waals surface area contributed by atoms with Crippen LogP contribution in [0, 0.1) is 5.92 Å². The quantitative estimate of drug-likeness (QED) is 0.567. The van der Waals surface area contributed by atoms with E-state index in [0.29, 0.717) is 30.3 Å². The van der Waals surface area contributed by atoms with Gasteiger partial charge in [0.2, 0.25) is 0 Å². The molecule has 5 nitrogen and oxygen atoms in total. The molecule has 1 rings (SSSR count). The third-order valence-electron chi connectivity index (χ3n) is 4.89. The number of allylic oxidation sites excluding steroid dienone is 2. The minimum atomic E-state index is -0.0604. The summed E-state index contributed by atoms with van der Waals surface area (Å²) >= 11 is 0. The predicted molar refractivity (Wildman–Crippen MR) is 122 cm³/mol. The molecule has 5 heteroatoms. The molecule has 0 radical (unpaired) electrons. The lowest BCUT2D eigenvalue weighted by Crippen LogP contribution is -2.36. The fourth-order valence-electron chi connectivity index (χ4n) is 2.84. The second kappa shape index (κ2) is 12.2. The van der Waals surface area contributed by atoms with E-state index in [-0.39, 0.29) is 11.8 Å². The van der Waals surface area contributed by atoms with E-state index in [9.17, 15) is 9.59 Å². The topological polar surface area (TPSA) is 61.8 Å². The van der Waals surface area contributed by atoms with E-state index in [1.54, 1.807) is 6.92 Å². The number of nitrogens with zero attached hydrogens (tertiary/aromatic N) is 2. The van der Waals surface area contributed by atoms with Crippen LogP contribution < -0.4 is 5.32 Å². The number of nitrogens with one attached hydrogen (secondary N) is 1. The Morgan fingerprint density at radius 2 is 1.62 bits per heavy atom. The number of hydrogen-bond donors (Lipinski definition) is 1. The molecule has 0 aliphatic rings. The molecule has 0 saturated carbocycles. The van der Waals surface area contributed by atoms with Crippen LogP contribution in [0.3, 0.4) is 0 Å². The Morgan fingerprint density at radius 3 is 2.14 bits per heavy atom. The van der Waals surface area contributed by atoms with Gasteiger partial charge in [-0.1, -0.05) is 39.3 Å². The maximum atomic E-state index is 12.6. The van der Waals surface area contributed by atoms with Crippen molar-refractivity contribution < 1.29 is 9.59 Å². The number of carbonyl (C=O) groups excluding carboxylic acids is 2. The minimum Gasteiger partial charge on any atom is -0.352 e. The summed E-state index contributed by atoms with van der Waals surface area (Å²) in [5, 5.41) is 2.92. The summed E-state index contributed by atoms with van der Waals surface area (Å²) in [5.41, 5.74) is 3.93. The van der Waals surface area contributed by atoms with E-state index < -0.39 is 0 Å². The first-order chi connectivity index (χ1) is 13.7. The summed E-state index contributed by atoms with van der Waals surface area (Å²) in [7, 11) is 0. The van der Waals surface area contributed by atoms with Gasteiger partial charge in [0.1, 0.15) is 5.71 Å². The SMILES string of the molecule is CCCCN(CC)C(=O)C(C)=N/C(C)=C(\C)c1ccc(C(=O)NCC(C)C)cc1. The fraction of sp³-hybridized carbons (Fsp3) is 0.542. The molecule has 0 aliphatic heterocycles. The molecule has 0 atom stereocenters. The number of carbonyl (C=O) groups is 2. The number of unbranched alkanes of at least 4 members (excludes halogenated alkanes) is 1. The van der Waals surface area contributed by atoms with E-state index in [0.717, 1.165) is 36.2 Å². The van der Waals surface area contributed by atoms with Crippen LogP contribution in [0.5, 0.6) is 0 Å². The smallest absolute Gasteiger partial charge is 0.267 e. The molecule has 1 N–H and O–H groups in total. The largest absolute Gasteiger partial charge is 0.352 e. The van der Waals surface area contributed by atoms with Gasteiger partial charge in [0.05, 0.1) is 0 Å². The third-order valence-corrected chi connectivity index (χ3v) is 4.89. The highest BCUT2D eigenvalue weighted by atomic mass is 16.2. The maximum Gasteiger partial charge on any atom is 0.267 e. The van der Waals surface area contributed by atoms with Crippen LogP contribution in [0.1, 0.15) is 77.2 Å². The Labute approximate surface area is 176 Å². The van der Waals surface area contributed by atoms with E-state index in [4.69, 9.17) is 0 Å². The van der Waals surface area contributed by atoms with Crippen molar-refractivity contribution >= 4 is 23.1 Å². The predicted octanol–water partition coefficient (Wildman–Crippen LogP) is 4.93. The standard InChI is InChI=1S/C24H37N3O2/c1-8-10-15-27(9-2)24(29)20(7)26-19(6)18(5)21-11-13-22(14-12-21)23(28)25-16-17(3)4/h11-14,17H,8-10,15-16H2,1-7H3,(H,25,28)/b19-18+,26-20?. The first-order valence-electron chi connectivity index (χ1n) is 10.6. The molecule has 0 aromatic heterocycles. The van der Waals surface area contributed by atoms with E-state index in [1.165, 1.54) is 0 Å². The van der Waals surface area contributed by atoms with Crippen LogP contribution in [-0.4, -0.2) is 42.1 Å². The normalized spacial score (nSPS) is 12.6. The van der Waals surface area contributed by atoms with Gasteiger partial charge in [-0.3, -0.25) is 14.6 Å². The van der Waals surface area contributed by atoms with Crippen LogP contribution in [-0.2, 0) is 4.79 Å². The van der Waals surface area contributed by atoms with Gasteiger partial charge in [-0.2, -0.15) is 0 Å². The van der Waals surface area contributed by atoms with Crippen molar-refractivity contribution in [2.75, 3.05) is 19.6 Å². The third kappa shape index (κ3) is 7.84. The van der Waals surface area contributed by atoms with Gasteiger partial charge < -0.3 is 10.2 Å². The van der Waals surface area contributed by atoms with Crippen LogP contribution in [0.15, 0.2) is 35.0 Å². The highest BCUT2D eigenvalue weighted by Gasteiger charge is 2.15. The molecule has 29 heavy (non-hydrogen) atoms. The monoisotopic (exact) mass is 399 g/mol. The average molecular weight is 400 g/mol. The minimum absolute atomic E-state index is 0.00901. The Hall–Kier alpha value is -2.43. The van der Waals surface area contributed by atoms with Crippen molar-refractivity contribution in [2.24, 2.45) is 10.9 Å². The molecule has 2 amide bonds. The van der Waals surface area contributed by atoms with Crippen LogP contribution in [0.25, 0.3) is 5.57 Å². The van der Waals surface area contributed by atoms with Gasteiger partial charge in [-0.15, -0.1) is 0 Å². The molecule has 1 aromatic rings. The summed E-state index contributed by atoms with van der Waals surface area (Å²) in [6.45, 7) is 16.0. The summed E-state index contributed by atoms with van der Waals surface area (Å²) in [5.74, 6) is 0.348. The maximum absolute atomic E-state index is 12.6. The molecule has 0 unspecified atom stereocenters. The van der Waals surface area contributed by atoms with E-state index in [2.05, 4.69) is 31.1 Å². The van der Waals surface area contributed by atoms with Crippen LogP contribution >= 0.6 is 0 Å². The van der Waals surface area contributed by atoms with Crippen molar-refractivity contribution in [1.29, 1.82) is 0 Å². The molecule has 160 valence electrons. The second-order valence-electron chi connectivity index (χ2n) is 7.83. The average Bonchev–Trinajstić information content (AvgIpc) is 2.71. The number of benzene rings is 1. The summed E-state index contributed by atoms with van der Waals surface area (Å²) in [6, 6.07) is 7.50. The Bertz CT molecular complexity index is 746. The van der Waals surface area contributed by atoms with Crippen molar-refractivity contribution in [3.63, 3.8) is 0 Å². The number of hydrogen-bond acceptors (Lipinski definition) is 3. The molecule has 0 bridgehead atoms. The highest BCUT2D eigenvalue weighted by molar-refractivity contribution is 6.38. The summed E-state index contributed by atoms with van der Waals surface area (Å²) in [6.07, 6.45) is 2.06. The van der Waals surface area contributed by atoms with Crippen molar-refractivity contribution in [3.8, 4) is 0 Å². The zero-order chi connectivity index (χ0) is 22.0. The molecule has 0 saturated heterocycles. The van der Waals surface area contributed by atoms with E-state index in [1.807, 2.05) is 49.9 Å². The molecule has 1 aromatic carbocycles. The lowest BCUT2D eigenvalue weighted by Gasteiger charge is -2.20. The van der Waals surface area contributed by atoms with Gasteiger partial charge in [0.15, 0.2) is 0 Å². The van der Waals surface area contributed by atoms with Crippen molar-refractivity contribution in [3.05, 3.63) is 41.1 Å². The molecule has 0 aliphatic carbocycles. The van der Waals surface area contributed by atoms with E-state index >= 15 is 0 Å². The first-order valence-corrected chi connectivity index (χ1v) is 10.6. The molecular weight excluding hydrogens is 362 g/mol. The zero-order valence-corrected chi connectivity index (χ0v) is 19.1. The lowest BCUT2D eigenvalue weighted by atomic mass is 10.0. The van der Waals surface area contributed by atoms with Crippen molar-refractivity contribution in [1.82, 2.24) is 10.2 Å². The Morgan fingerprint density at radius 1 is 1.03 bits per heavy atom. The number of amides is 2. The van der Waals surface area contributed by atoms with Gasteiger partial charge in [0, 0.05) is 30.9 Å². The lowest BCUT2D eigenvalue weighted by molar-refractivity contribution is -0.124. The summed E-state index contributed by atoms with van der Waals surface area (Å²) < 4.78 is 0. The zero-order valence-electron chi connectivity index (χ0n) is 19.1. The second-order valence-corrected chi connectivity index (χ2v) is 7.83. The van der Waals surface area contributed by atoms with Gasteiger partial charge in [-0.25, -0.2) is 0 Å². The Kier molecular flexibility index (Phi) is 10.4. The highest BCUT2D eigenvalue weighted by Crippen LogP contribution is 2.20. The van der Waals surface area contributed by atoms with Gasteiger partial charge in [0.25, 0.3) is 11.8 Å². The number of rotatable bonds is 10.